The number of aromatic nitrogens is 5. The van der Waals surface area contributed by atoms with E-state index in [9.17, 15) is 9.59 Å². The van der Waals surface area contributed by atoms with Gasteiger partial charge in [0, 0.05) is 60.3 Å². The van der Waals surface area contributed by atoms with Crippen molar-refractivity contribution in [2.45, 2.75) is 63.8 Å². The summed E-state index contributed by atoms with van der Waals surface area (Å²) in [5, 5.41) is 4.00. The number of nitrogens with zero attached hydrogens (tertiary/aromatic N) is 8. The number of amides is 1. The van der Waals surface area contributed by atoms with Crippen molar-refractivity contribution in [2.75, 3.05) is 58.7 Å². The lowest BCUT2D eigenvalue weighted by Gasteiger charge is -2.30. The van der Waals surface area contributed by atoms with Crippen LogP contribution in [0.5, 0.6) is 0 Å². The smallest absolute Gasteiger partial charge is 0.260 e. The minimum atomic E-state index is -0.282. The van der Waals surface area contributed by atoms with Crippen LogP contribution in [-0.4, -0.2) is 98.5 Å². The molecule has 3 aliphatic rings. The summed E-state index contributed by atoms with van der Waals surface area (Å²) in [7, 11) is 4.32. The van der Waals surface area contributed by atoms with Gasteiger partial charge in [0.2, 0.25) is 11.9 Å². The van der Waals surface area contributed by atoms with Gasteiger partial charge < -0.3 is 20.0 Å². The van der Waals surface area contributed by atoms with E-state index in [0.29, 0.717) is 53.0 Å². The third-order valence-corrected chi connectivity index (χ3v) is 10.2. The maximum absolute atomic E-state index is 14.2. The fourth-order valence-corrected chi connectivity index (χ4v) is 7.38. The number of rotatable bonds is 7. The van der Waals surface area contributed by atoms with Gasteiger partial charge in [-0.2, -0.15) is 4.98 Å². The lowest BCUT2D eigenvalue weighted by atomic mass is 9.91. The van der Waals surface area contributed by atoms with E-state index in [1.807, 2.05) is 17.9 Å². The second-order valence-electron chi connectivity index (χ2n) is 13.7. The first-order valence-electron chi connectivity index (χ1n) is 17.1. The quantitative estimate of drug-likeness (QED) is 0.313. The van der Waals surface area contributed by atoms with Gasteiger partial charge in [-0.1, -0.05) is 12.1 Å². The Bertz CT molecular complexity index is 1810. The molecule has 1 aromatic carbocycles. The summed E-state index contributed by atoms with van der Waals surface area (Å²) in [4.78, 5) is 53.2. The average molecular weight is 636 g/mol. The lowest BCUT2D eigenvalue weighted by Crippen LogP contribution is -2.35. The van der Waals surface area contributed by atoms with Crippen LogP contribution in [0.25, 0.3) is 22.2 Å². The van der Waals surface area contributed by atoms with Crippen molar-refractivity contribution in [3.63, 3.8) is 0 Å². The predicted octanol–water partition coefficient (Wildman–Crippen LogP) is 4.54. The third kappa shape index (κ3) is 6.78. The molecule has 3 aliphatic heterocycles. The Morgan fingerprint density at radius 3 is 2.34 bits per heavy atom. The molecule has 0 radical (unpaired) electrons. The lowest BCUT2D eigenvalue weighted by molar-refractivity contribution is -0.130. The topological polar surface area (TPSA) is 112 Å². The minimum absolute atomic E-state index is 0.0781. The number of carbonyl (C=O) groups is 1. The number of pyridine rings is 1. The van der Waals surface area contributed by atoms with E-state index in [4.69, 9.17) is 15.0 Å². The molecule has 0 spiro atoms. The molecular weight excluding hydrogens is 590 g/mol. The second kappa shape index (κ2) is 13.5. The molecule has 0 aliphatic carbocycles. The molecule has 6 heterocycles. The number of hydrogen-bond acceptors (Lipinski definition) is 9. The number of likely N-dealkylation sites (tertiary alicyclic amines) is 3. The summed E-state index contributed by atoms with van der Waals surface area (Å²) in [6, 6.07) is 10.3. The SMILES string of the molecule is Cc1nc(C2CCN(C)CC2)ncc1-c1cc2cnc(Nc3ccc(C4CCCN(C)C4)cc3)nc2n(CC(=O)N2CCCC2)c1=O. The number of aryl methyl sites for hydroxylation is 1. The van der Waals surface area contributed by atoms with Crippen LogP contribution in [0, 0.1) is 6.92 Å². The molecule has 7 rings (SSSR count). The van der Waals surface area contributed by atoms with Crippen LogP contribution in [0.4, 0.5) is 11.6 Å². The molecule has 47 heavy (non-hydrogen) atoms. The Morgan fingerprint density at radius 2 is 1.62 bits per heavy atom. The largest absolute Gasteiger partial charge is 0.341 e. The van der Waals surface area contributed by atoms with Gasteiger partial charge in [-0.05, 0) is 109 Å². The fourth-order valence-electron chi connectivity index (χ4n) is 7.38. The first-order valence-corrected chi connectivity index (χ1v) is 17.1. The highest BCUT2D eigenvalue weighted by molar-refractivity contribution is 5.84. The standard InChI is InChI=1S/C36H45N9O2/c1-24-31(21-37-33(39-24)26-12-17-42(2)18-13-26)30-19-28-20-38-36(40-29-10-8-25(9-11-29)27-7-6-14-43(3)22-27)41-34(28)45(35(30)47)23-32(46)44-15-4-5-16-44/h8-11,19-21,26-27H,4-7,12-18,22-23H2,1-3H3,(H,38,40,41). The summed E-state index contributed by atoms with van der Waals surface area (Å²) < 4.78 is 1.51. The molecule has 1 atom stereocenters. The molecule has 11 heteroatoms. The highest BCUT2D eigenvalue weighted by Crippen LogP contribution is 2.30. The molecule has 246 valence electrons. The first-order chi connectivity index (χ1) is 22.8. The average Bonchev–Trinajstić information content (AvgIpc) is 3.63. The van der Waals surface area contributed by atoms with Crippen molar-refractivity contribution < 1.29 is 4.79 Å². The number of likely N-dealkylation sites (N-methyl/N-ethyl adjacent to an activating group) is 1. The number of fused-ring (bicyclic) bond motifs is 1. The van der Waals surface area contributed by atoms with Gasteiger partial charge in [0.1, 0.15) is 18.0 Å². The van der Waals surface area contributed by atoms with Crippen molar-refractivity contribution >= 4 is 28.6 Å². The molecule has 0 bridgehead atoms. The first kappa shape index (κ1) is 31.4. The maximum Gasteiger partial charge on any atom is 0.260 e. The highest BCUT2D eigenvalue weighted by Gasteiger charge is 2.25. The number of nitrogens with one attached hydrogen (secondary N) is 1. The van der Waals surface area contributed by atoms with Crippen LogP contribution < -0.4 is 10.9 Å². The van der Waals surface area contributed by atoms with Crippen LogP contribution in [0.15, 0.2) is 47.5 Å². The molecule has 1 amide bonds. The number of benzene rings is 1. The van der Waals surface area contributed by atoms with Crippen LogP contribution >= 0.6 is 0 Å². The highest BCUT2D eigenvalue weighted by atomic mass is 16.2. The van der Waals surface area contributed by atoms with Gasteiger partial charge in [0.15, 0.2) is 0 Å². The van der Waals surface area contributed by atoms with Crippen LogP contribution in [0.1, 0.15) is 67.4 Å². The summed E-state index contributed by atoms with van der Waals surface area (Å²) >= 11 is 0. The summed E-state index contributed by atoms with van der Waals surface area (Å²) in [6.07, 6.45) is 9.92. The van der Waals surface area contributed by atoms with Crippen LogP contribution in [-0.2, 0) is 11.3 Å². The second-order valence-corrected chi connectivity index (χ2v) is 13.7. The zero-order chi connectivity index (χ0) is 32.5. The molecule has 0 saturated carbocycles. The normalized spacial score (nSPS) is 19.8. The molecule has 3 aromatic heterocycles. The van der Waals surface area contributed by atoms with E-state index in [-0.39, 0.29) is 18.0 Å². The van der Waals surface area contributed by atoms with E-state index in [0.717, 1.165) is 69.1 Å². The molecular formula is C36H45N9O2. The van der Waals surface area contributed by atoms with E-state index in [2.05, 4.69) is 58.5 Å². The van der Waals surface area contributed by atoms with Crippen LogP contribution in [0.2, 0.25) is 0 Å². The Hall–Kier alpha value is -4.22. The van der Waals surface area contributed by atoms with E-state index in [1.54, 1.807) is 12.4 Å². The number of anilines is 2. The van der Waals surface area contributed by atoms with Gasteiger partial charge in [-0.3, -0.25) is 14.2 Å². The van der Waals surface area contributed by atoms with Crippen molar-refractivity contribution in [3.05, 3.63) is 70.2 Å². The maximum atomic E-state index is 14.2. The zero-order valence-electron chi connectivity index (χ0n) is 27.8. The summed E-state index contributed by atoms with van der Waals surface area (Å²) in [5.41, 5.74) is 4.22. The van der Waals surface area contributed by atoms with Crippen LogP contribution in [0.3, 0.4) is 0 Å². The Balaban J connectivity index is 1.21. The zero-order valence-corrected chi connectivity index (χ0v) is 27.8. The van der Waals surface area contributed by atoms with Gasteiger partial charge in [-0.15, -0.1) is 0 Å². The predicted molar refractivity (Wildman–Crippen MR) is 184 cm³/mol. The number of piperidine rings is 2. The number of hydrogen-bond donors (Lipinski definition) is 1. The monoisotopic (exact) mass is 635 g/mol. The van der Waals surface area contributed by atoms with Crippen molar-refractivity contribution in [1.29, 1.82) is 0 Å². The van der Waals surface area contributed by atoms with Crippen molar-refractivity contribution in [1.82, 2.24) is 39.2 Å². The molecule has 1 unspecified atom stereocenters. The Morgan fingerprint density at radius 1 is 0.851 bits per heavy atom. The molecule has 3 fully saturated rings. The minimum Gasteiger partial charge on any atom is -0.341 e. The molecule has 4 aromatic rings. The third-order valence-electron chi connectivity index (χ3n) is 10.2. The van der Waals surface area contributed by atoms with Crippen molar-refractivity contribution in [3.8, 4) is 11.1 Å². The van der Waals surface area contributed by atoms with E-state index < -0.39 is 0 Å². The Labute approximate surface area is 276 Å². The van der Waals surface area contributed by atoms with Gasteiger partial charge in [0.25, 0.3) is 5.56 Å². The summed E-state index contributed by atoms with van der Waals surface area (Å²) in [5.74, 6) is 1.98. The van der Waals surface area contributed by atoms with Crippen molar-refractivity contribution in [2.24, 2.45) is 0 Å². The van der Waals surface area contributed by atoms with E-state index in [1.165, 1.54) is 23.0 Å². The van der Waals surface area contributed by atoms with Gasteiger partial charge in [-0.25, -0.2) is 15.0 Å². The molecule has 11 nitrogen and oxygen atoms in total. The van der Waals surface area contributed by atoms with Gasteiger partial charge >= 0.3 is 0 Å². The molecule has 3 saturated heterocycles. The fraction of sp³-hybridized carbons (Fsp3) is 0.500. The Kier molecular flexibility index (Phi) is 9.00. The molecule has 1 N–H and O–H groups in total. The number of carbonyl (C=O) groups excluding carboxylic acids is 1. The van der Waals surface area contributed by atoms with Gasteiger partial charge in [0.05, 0.1) is 5.56 Å². The van der Waals surface area contributed by atoms with E-state index >= 15 is 0 Å². The summed E-state index contributed by atoms with van der Waals surface area (Å²) in [6.45, 7) is 7.55.